The van der Waals surface area contributed by atoms with Gasteiger partial charge in [0.15, 0.2) is 0 Å². The lowest BCUT2D eigenvalue weighted by atomic mass is 9.89. The van der Waals surface area contributed by atoms with Crippen molar-refractivity contribution in [2.45, 2.75) is 58.8 Å². The second-order valence-corrected chi connectivity index (χ2v) is 8.39. The third kappa shape index (κ3) is 5.03. The molecule has 1 amide bonds. The normalized spacial score (nSPS) is 20.7. The van der Waals surface area contributed by atoms with Crippen molar-refractivity contribution in [3.63, 3.8) is 0 Å². The SMILES string of the molecule is Cc1ncc(C2CCN(CCC3CCN(C(=O)C(C)C)CC3)CC2)cn1. The van der Waals surface area contributed by atoms with E-state index in [-0.39, 0.29) is 5.92 Å². The predicted octanol–water partition coefficient (Wildman–Crippen LogP) is 3.25. The van der Waals surface area contributed by atoms with E-state index >= 15 is 0 Å². The Hall–Kier alpha value is -1.49. The summed E-state index contributed by atoms with van der Waals surface area (Å²) in [6.07, 6.45) is 10.1. The van der Waals surface area contributed by atoms with Crippen LogP contribution < -0.4 is 0 Å². The van der Waals surface area contributed by atoms with E-state index in [0.29, 0.717) is 11.8 Å². The zero-order valence-corrected chi connectivity index (χ0v) is 16.7. The van der Waals surface area contributed by atoms with Gasteiger partial charge in [0.2, 0.25) is 5.91 Å². The number of carbonyl (C=O) groups is 1. The highest BCUT2D eigenvalue weighted by Gasteiger charge is 2.26. The van der Waals surface area contributed by atoms with Crippen LogP contribution in [0.2, 0.25) is 0 Å². The summed E-state index contributed by atoms with van der Waals surface area (Å²) >= 11 is 0. The van der Waals surface area contributed by atoms with Crippen LogP contribution in [0.15, 0.2) is 12.4 Å². The number of aromatic nitrogens is 2. The van der Waals surface area contributed by atoms with Gasteiger partial charge >= 0.3 is 0 Å². The molecule has 5 nitrogen and oxygen atoms in total. The van der Waals surface area contributed by atoms with Gasteiger partial charge in [-0.25, -0.2) is 9.97 Å². The molecule has 3 rings (SSSR count). The molecular formula is C21H34N4O. The maximum atomic E-state index is 12.1. The monoisotopic (exact) mass is 358 g/mol. The molecule has 2 aliphatic rings. The van der Waals surface area contributed by atoms with Gasteiger partial charge in [-0.2, -0.15) is 0 Å². The van der Waals surface area contributed by atoms with Gasteiger partial charge in [0, 0.05) is 31.4 Å². The summed E-state index contributed by atoms with van der Waals surface area (Å²) in [5.74, 6) is 2.72. The highest BCUT2D eigenvalue weighted by Crippen LogP contribution is 2.28. The zero-order chi connectivity index (χ0) is 18.5. The first-order valence-electron chi connectivity index (χ1n) is 10.3. The smallest absolute Gasteiger partial charge is 0.225 e. The molecule has 1 aromatic heterocycles. The van der Waals surface area contributed by atoms with Gasteiger partial charge in [-0.15, -0.1) is 0 Å². The molecule has 3 heterocycles. The summed E-state index contributed by atoms with van der Waals surface area (Å²) in [5, 5.41) is 0. The molecule has 0 radical (unpaired) electrons. The van der Waals surface area contributed by atoms with E-state index in [1.54, 1.807) is 0 Å². The fourth-order valence-corrected chi connectivity index (χ4v) is 4.28. The van der Waals surface area contributed by atoms with Crippen molar-refractivity contribution < 1.29 is 4.79 Å². The molecule has 144 valence electrons. The van der Waals surface area contributed by atoms with E-state index < -0.39 is 0 Å². The molecule has 0 aromatic carbocycles. The van der Waals surface area contributed by atoms with Crippen LogP contribution in [0.5, 0.6) is 0 Å². The molecule has 2 aliphatic heterocycles. The zero-order valence-electron chi connectivity index (χ0n) is 16.7. The first-order chi connectivity index (χ1) is 12.5. The highest BCUT2D eigenvalue weighted by molar-refractivity contribution is 5.78. The van der Waals surface area contributed by atoms with Gasteiger partial charge in [0.05, 0.1) is 0 Å². The maximum absolute atomic E-state index is 12.1. The van der Waals surface area contributed by atoms with E-state index in [1.165, 1.54) is 57.3 Å². The number of likely N-dealkylation sites (tertiary alicyclic amines) is 2. The Balaban J connectivity index is 1.36. The summed E-state index contributed by atoms with van der Waals surface area (Å²) in [4.78, 5) is 25.5. The average Bonchev–Trinajstić information content (AvgIpc) is 2.67. The molecular weight excluding hydrogens is 324 g/mol. The molecule has 0 saturated carbocycles. The van der Waals surface area contributed by atoms with Crippen LogP contribution in [0, 0.1) is 18.8 Å². The van der Waals surface area contributed by atoms with E-state index in [1.807, 2.05) is 33.2 Å². The topological polar surface area (TPSA) is 49.3 Å². The third-order valence-corrected chi connectivity index (χ3v) is 6.13. The summed E-state index contributed by atoms with van der Waals surface area (Å²) in [5.41, 5.74) is 1.30. The van der Waals surface area contributed by atoms with Crippen molar-refractivity contribution in [3.8, 4) is 0 Å². The summed E-state index contributed by atoms with van der Waals surface area (Å²) < 4.78 is 0. The van der Waals surface area contributed by atoms with Crippen LogP contribution in [0.4, 0.5) is 0 Å². The minimum atomic E-state index is 0.131. The standard InChI is InChI=1S/C21H34N4O/c1-16(2)21(26)25-12-5-18(6-13-25)4-9-24-10-7-19(8-11-24)20-14-22-17(3)23-15-20/h14-16,18-19H,4-13H2,1-3H3. The molecule has 0 bridgehead atoms. The molecule has 0 spiro atoms. The van der Waals surface area contributed by atoms with Gasteiger partial charge in [-0.3, -0.25) is 4.79 Å². The van der Waals surface area contributed by atoms with Crippen LogP contribution in [0.3, 0.4) is 0 Å². The second kappa shape index (κ2) is 8.94. The highest BCUT2D eigenvalue weighted by atomic mass is 16.2. The molecule has 5 heteroatoms. The Morgan fingerprint density at radius 3 is 2.27 bits per heavy atom. The number of hydrogen-bond acceptors (Lipinski definition) is 4. The molecule has 2 saturated heterocycles. The van der Waals surface area contributed by atoms with Crippen molar-refractivity contribution in [1.29, 1.82) is 0 Å². The van der Waals surface area contributed by atoms with Crippen molar-refractivity contribution in [2.24, 2.45) is 11.8 Å². The number of piperidine rings is 2. The van der Waals surface area contributed by atoms with Crippen LogP contribution in [0.25, 0.3) is 0 Å². The number of hydrogen-bond donors (Lipinski definition) is 0. The van der Waals surface area contributed by atoms with Crippen LogP contribution in [-0.2, 0) is 4.79 Å². The van der Waals surface area contributed by atoms with E-state index in [0.717, 1.165) is 24.8 Å². The van der Waals surface area contributed by atoms with Gasteiger partial charge in [-0.05, 0) is 76.1 Å². The fraction of sp³-hybridized carbons (Fsp3) is 0.762. The number of carbonyl (C=O) groups excluding carboxylic acids is 1. The fourth-order valence-electron chi connectivity index (χ4n) is 4.28. The van der Waals surface area contributed by atoms with Crippen molar-refractivity contribution in [3.05, 3.63) is 23.8 Å². The Bertz CT molecular complexity index is 570. The summed E-state index contributed by atoms with van der Waals surface area (Å²) in [6.45, 7) is 11.4. The summed E-state index contributed by atoms with van der Waals surface area (Å²) in [6, 6.07) is 0. The van der Waals surface area contributed by atoms with E-state index in [2.05, 4.69) is 19.8 Å². The van der Waals surface area contributed by atoms with Crippen molar-refractivity contribution >= 4 is 5.91 Å². The van der Waals surface area contributed by atoms with Crippen LogP contribution >= 0.6 is 0 Å². The first kappa shape index (κ1) is 19.3. The lowest BCUT2D eigenvalue weighted by Gasteiger charge is -2.36. The Morgan fingerprint density at radius 2 is 1.69 bits per heavy atom. The molecule has 0 aliphatic carbocycles. The van der Waals surface area contributed by atoms with E-state index in [4.69, 9.17) is 0 Å². The molecule has 2 fully saturated rings. The van der Waals surface area contributed by atoms with Gasteiger partial charge in [0.1, 0.15) is 5.82 Å². The first-order valence-corrected chi connectivity index (χ1v) is 10.3. The lowest BCUT2D eigenvalue weighted by molar-refractivity contribution is -0.135. The Kier molecular flexibility index (Phi) is 6.63. The lowest BCUT2D eigenvalue weighted by Crippen LogP contribution is -2.41. The van der Waals surface area contributed by atoms with E-state index in [9.17, 15) is 4.79 Å². The Labute approximate surface area is 158 Å². The number of rotatable bonds is 5. The molecule has 0 N–H and O–H groups in total. The number of aryl methyl sites for hydroxylation is 1. The maximum Gasteiger partial charge on any atom is 0.225 e. The molecule has 26 heavy (non-hydrogen) atoms. The molecule has 0 unspecified atom stereocenters. The molecule has 1 aromatic rings. The quantitative estimate of drug-likeness (QED) is 0.811. The minimum Gasteiger partial charge on any atom is -0.342 e. The van der Waals surface area contributed by atoms with Crippen molar-refractivity contribution in [2.75, 3.05) is 32.7 Å². The van der Waals surface area contributed by atoms with Crippen LogP contribution in [0.1, 0.15) is 63.3 Å². The van der Waals surface area contributed by atoms with Gasteiger partial charge in [0.25, 0.3) is 0 Å². The summed E-state index contributed by atoms with van der Waals surface area (Å²) in [7, 11) is 0. The van der Waals surface area contributed by atoms with Gasteiger partial charge < -0.3 is 9.80 Å². The average molecular weight is 359 g/mol. The largest absolute Gasteiger partial charge is 0.342 e. The number of nitrogens with zero attached hydrogens (tertiary/aromatic N) is 4. The predicted molar refractivity (Wildman–Crippen MR) is 104 cm³/mol. The van der Waals surface area contributed by atoms with Gasteiger partial charge in [-0.1, -0.05) is 13.8 Å². The second-order valence-electron chi connectivity index (χ2n) is 8.39. The van der Waals surface area contributed by atoms with Crippen LogP contribution in [-0.4, -0.2) is 58.4 Å². The Morgan fingerprint density at radius 1 is 1.08 bits per heavy atom. The molecule has 0 atom stereocenters. The minimum absolute atomic E-state index is 0.131. The number of amides is 1. The third-order valence-electron chi connectivity index (χ3n) is 6.13. The van der Waals surface area contributed by atoms with Crippen molar-refractivity contribution in [1.82, 2.24) is 19.8 Å².